The lowest BCUT2D eigenvalue weighted by Gasteiger charge is -2.18. The van der Waals surface area contributed by atoms with Gasteiger partial charge >= 0.3 is 0 Å². The Balaban J connectivity index is 1.84. The molecule has 6 nitrogen and oxygen atoms in total. The van der Waals surface area contributed by atoms with Crippen LogP contribution in [0.5, 0.6) is 5.75 Å². The molecule has 0 radical (unpaired) electrons. The Morgan fingerprint density at radius 3 is 2.62 bits per heavy atom. The van der Waals surface area contributed by atoms with E-state index in [-0.39, 0.29) is 11.9 Å². The maximum atomic E-state index is 13.0. The molecule has 150 valence electrons. The summed E-state index contributed by atoms with van der Waals surface area (Å²) in [6.45, 7) is 3.00. The molecule has 1 heterocycles. The van der Waals surface area contributed by atoms with Crippen molar-refractivity contribution in [3.05, 3.63) is 78.1 Å². The third kappa shape index (κ3) is 5.12. The van der Waals surface area contributed by atoms with E-state index in [2.05, 4.69) is 15.6 Å². The zero-order valence-corrected chi connectivity index (χ0v) is 16.7. The highest BCUT2D eigenvalue weighted by molar-refractivity contribution is 6.00. The van der Waals surface area contributed by atoms with E-state index in [1.54, 1.807) is 19.5 Å². The molecule has 0 unspecified atom stereocenters. The number of aromatic nitrogens is 1. The quantitative estimate of drug-likeness (QED) is 0.547. The first-order valence-electron chi connectivity index (χ1n) is 9.55. The molecule has 0 saturated carbocycles. The molecule has 6 heteroatoms. The number of rotatable bonds is 8. The molecule has 0 spiro atoms. The predicted octanol–water partition coefficient (Wildman–Crippen LogP) is 3.62. The van der Waals surface area contributed by atoms with E-state index >= 15 is 0 Å². The van der Waals surface area contributed by atoms with Gasteiger partial charge in [0.1, 0.15) is 5.75 Å². The molecular formula is C23H26N4O2. The van der Waals surface area contributed by atoms with Crippen molar-refractivity contribution in [2.75, 3.05) is 25.5 Å². The Hall–Kier alpha value is -3.38. The number of anilines is 1. The van der Waals surface area contributed by atoms with Gasteiger partial charge in [-0.15, -0.1) is 0 Å². The number of amides is 1. The predicted molar refractivity (Wildman–Crippen MR) is 116 cm³/mol. The summed E-state index contributed by atoms with van der Waals surface area (Å²) in [5.41, 5.74) is 9.99. The molecule has 3 rings (SSSR count). The standard InChI is InChI=1S/C23H26N4O2/c1-16(18-4-3-5-20(14-18)29-2)27-23(28)21-7-6-19(15-22(21)26-13-10-24)17-8-11-25-12-9-17/h3-9,11-12,14-16,26H,10,13,24H2,1-2H3,(H,27,28)/t16-/m1/s1. The van der Waals surface area contributed by atoms with Crippen LogP contribution in [0.2, 0.25) is 0 Å². The number of nitrogens with two attached hydrogens (primary N) is 1. The molecule has 1 amide bonds. The van der Waals surface area contributed by atoms with Crippen LogP contribution in [0, 0.1) is 0 Å². The first-order valence-corrected chi connectivity index (χ1v) is 9.55. The lowest BCUT2D eigenvalue weighted by Crippen LogP contribution is -2.28. The van der Waals surface area contributed by atoms with Crippen molar-refractivity contribution in [3.63, 3.8) is 0 Å². The SMILES string of the molecule is COc1cccc([C@@H](C)NC(=O)c2ccc(-c3ccncc3)cc2NCCN)c1. The van der Waals surface area contributed by atoms with Crippen molar-refractivity contribution in [2.24, 2.45) is 5.73 Å². The Kier molecular flexibility index (Phi) is 6.81. The second-order valence-electron chi connectivity index (χ2n) is 6.68. The fraction of sp³-hybridized carbons (Fsp3) is 0.217. The number of pyridine rings is 1. The molecular weight excluding hydrogens is 364 g/mol. The fourth-order valence-electron chi connectivity index (χ4n) is 3.09. The molecule has 29 heavy (non-hydrogen) atoms. The Bertz CT molecular complexity index is 960. The Morgan fingerprint density at radius 1 is 1.10 bits per heavy atom. The number of nitrogens with zero attached hydrogens (tertiary/aromatic N) is 1. The maximum absolute atomic E-state index is 13.0. The molecule has 2 aromatic carbocycles. The third-order valence-electron chi connectivity index (χ3n) is 4.68. The molecule has 4 N–H and O–H groups in total. The van der Waals surface area contributed by atoms with Crippen LogP contribution in [-0.4, -0.2) is 31.1 Å². The first-order chi connectivity index (χ1) is 14.1. The summed E-state index contributed by atoms with van der Waals surface area (Å²) >= 11 is 0. The van der Waals surface area contributed by atoms with Crippen molar-refractivity contribution < 1.29 is 9.53 Å². The molecule has 0 fully saturated rings. The molecule has 0 saturated heterocycles. The highest BCUT2D eigenvalue weighted by Gasteiger charge is 2.16. The Morgan fingerprint density at radius 2 is 1.90 bits per heavy atom. The lowest BCUT2D eigenvalue weighted by atomic mass is 10.0. The summed E-state index contributed by atoms with van der Waals surface area (Å²) in [5, 5.41) is 6.33. The van der Waals surface area contributed by atoms with Gasteiger partial charge in [-0.1, -0.05) is 18.2 Å². The summed E-state index contributed by atoms with van der Waals surface area (Å²) in [7, 11) is 1.63. The Labute approximate surface area is 171 Å². The first kappa shape index (κ1) is 20.4. The number of carbonyl (C=O) groups is 1. The van der Waals surface area contributed by atoms with Gasteiger partial charge in [0.05, 0.1) is 18.7 Å². The highest BCUT2D eigenvalue weighted by atomic mass is 16.5. The molecule has 0 bridgehead atoms. The molecule has 1 aromatic heterocycles. The maximum Gasteiger partial charge on any atom is 0.253 e. The largest absolute Gasteiger partial charge is 0.497 e. The number of benzene rings is 2. The van der Waals surface area contributed by atoms with Crippen molar-refractivity contribution in [1.29, 1.82) is 0 Å². The van der Waals surface area contributed by atoms with E-state index in [0.717, 1.165) is 28.1 Å². The van der Waals surface area contributed by atoms with Crippen LogP contribution in [-0.2, 0) is 0 Å². The average Bonchev–Trinajstić information content (AvgIpc) is 2.78. The summed E-state index contributed by atoms with van der Waals surface area (Å²) in [6.07, 6.45) is 3.50. The van der Waals surface area contributed by atoms with Crippen molar-refractivity contribution in [3.8, 4) is 16.9 Å². The van der Waals surface area contributed by atoms with Crippen LogP contribution in [0.15, 0.2) is 67.0 Å². The van der Waals surface area contributed by atoms with Gasteiger partial charge in [-0.3, -0.25) is 9.78 Å². The van der Waals surface area contributed by atoms with Gasteiger partial charge in [0, 0.05) is 31.2 Å². The summed E-state index contributed by atoms with van der Waals surface area (Å²) in [6, 6.07) is 17.1. The number of ether oxygens (including phenoxy) is 1. The smallest absolute Gasteiger partial charge is 0.253 e. The van der Waals surface area contributed by atoms with Gasteiger partial charge in [-0.25, -0.2) is 0 Å². The van der Waals surface area contributed by atoms with Crippen LogP contribution in [0.25, 0.3) is 11.1 Å². The van der Waals surface area contributed by atoms with E-state index in [0.29, 0.717) is 18.7 Å². The van der Waals surface area contributed by atoms with Crippen LogP contribution in [0.4, 0.5) is 5.69 Å². The summed E-state index contributed by atoms with van der Waals surface area (Å²) in [4.78, 5) is 17.0. The van der Waals surface area contributed by atoms with Gasteiger partial charge in [0.25, 0.3) is 5.91 Å². The minimum absolute atomic E-state index is 0.152. The minimum atomic E-state index is -0.167. The van der Waals surface area contributed by atoms with Gasteiger partial charge in [-0.2, -0.15) is 0 Å². The normalized spacial score (nSPS) is 11.6. The van der Waals surface area contributed by atoms with E-state index < -0.39 is 0 Å². The second kappa shape index (κ2) is 9.71. The van der Waals surface area contributed by atoms with Gasteiger partial charge in [0.2, 0.25) is 0 Å². The van der Waals surface area contributed by atoms with Crippen LogP contribution in [0.1, 0.15) is 28.9 Å². The van der Waals surface area contributed by atoms with Crippen LogP contribution in [0.3, 0.4) is 0 Å². The average molecular weight is 390 g/mol. The van der Waals surface area contributed by atoms with Crippen molar-refractivity contribution in [1.82, 2.24) is 10.3 Å². The zero-order valence-electron chi connectivity index (χ0n) is 16.7. The number of nitrogens with one attached hydrogen (secondary N) is 2. The van der Waals surface area contributed by atoms with Crippen molar-refractivity contribution in [2.45, 2.75) is 13.0 Å². The zero-order chi connectivity index (χ0) is 20.6. The molecule has 0 aliphatic rings. The fourth-order valence-corrected chi connectivity index (χ4v) is 3.09. The topological polar surface area (TPSA) is 89.3 Å². The second-order valence-corrected chi connectivity index (χ2v) is 6.68. The summed E-state index contributed by atoms with van der Waals surface area (Å²) in [5.74, 6) is 0.608. The number of hydrogen-bond acceptors (Lipinski definition) is 5. The molecule has 0 aliphatic heterocycles. The highest BCUT2D eigenvalue weighted by Crippen LogP contribution is 2.26. The monoisotopic (exact) mass is 390 g/mol. The van der Waals surface area contributed by atoms with E-state index in [1.165, 1.54) is 0 Å². The number of hydrogen-bond donors (Lipinski definition) is 3. The van der Waals surface area contributed by atoms with Gasteiger partial charge < -0.3 is 21.1 Å². The minimum Gasteiger partial charge on any atom is -0.497 e. The molecule has 3 aromatic rings. The van der Waals surface area contributed by atoms with Crippen LogP contribution < -0.4 is 21.1 Å². The summed E-state index contributed by atoms with van der Waals surface area (Å²) < 4.78 is 5.27. The van der Waals surface area contributed by atoms with E-state index in [4.69, 9.17) is 10.5 Å². The third-order valence-corrected chi connectivity index (χ3v) is 4.68. The molecule has 0 aliphatic carbocycles. The van der Waals surface area contributed by atoms with E-state index in [9.17, 15) is 4.79 Å². The van der Waals surface area contributed by atoms with Gasteiger partial charge in [-0.05, 0) is 60.0 Å². The van der Waals surface area contributed by atoms with E-state index in [1.807, 2.05) is 61.5 Å². The van der Waals surface area contributed by atoms with Gasteiger partial charge in [0.15, 0.2) is 0 Å². The van der Waals surface area contributed by atoms with Crippen LogP contribution >= 0.6 is 0 Å². The number of methoxy groups -OCH3 is 1. The number of carbonyl (C=O) groups excluding carboxylic acids is 1. The lowest BCUT2D eigenvalue weighted by molar-refractivity contribution is 0.0940. The van der Waals surface area contributed by atoms with Crippen molar-refractivity contribution >= 4 is 11.6 Å². The molecule has 1 atom stereocenters.